The maximum absolute atomic E-state index is 11.2. The molecule has 13 heavy (non-hydrogen) atoms. The van der Waals surface area contributed by atoms with Crippen LogP contribution in [0.1, 0.15) is 12.8 Å². The van der Waals surface area contributed by atoms with E-state index in [0.29, 0.717) is 26.1 Å². The Morgan fingerprint density at radius 3 is 2.54 bits per heavy atom. The van der Waals surface area contributed by atoms with E-state index in [0.717, 1.165) is 0 Å². The zero-order valence-electron chi connectivity index (χ0n) is 7.32. The molecule has 1 rings (SSSR count). The van der Waals surface area contributed by atoms with Gasteiger partial charge in [0.1, 0.15) is 0 Å². The fourth-order valence-electron chi connectivity index (χ4n) is 1.19. The van der Waals surface area contributed by atoms with Crippen molar-refractivity contribution in [3.63, 3.8) is 0 Å². The molecule has 0 aromatic rings. The number of amides is 1. The number of esters is 1. The first-order valence-electron chi connectivity index (χ1n) is 4.23. The Morgan fingerprint density at radius 1 is 1.38 bits per heavy atom. The molecule has 0 saturated carbocycles. The van der Waals surface area contributed by atoms with Crippen molar-refractivity contribution in [2.45, 2.75) is 12.8 Å². The molecule has 5 nitrogen and oxygen atoms in total. The predicted octanol–water partition coefficient (Wildman–Crippen LogP) is -0.559. The summed E-state index contributed by atoms with van der Waals surface area (Å²) in [4.78, 5) is 21.5. The van der Waals surface area contributed by atoms with Crippen LogP contribution < -0.4 is 5.73 Å². The van der Waals surface area contributed by atoms with Gasteiger partial charge < -0.3 is 15.2 Å². The van der Waals surface area contributed by atoms with Crippen molar-refractivity contribution in [1.29, 1.82) is 0 Å². The molecule has 1 amide bonds. The lowest BCUT2D eigenvalue weighted by Crippen LogP contribution is -2.28. The van der Waals surface area contributed by atoms with Gasteiger partial charge in [-0.1, -0.05) is 0 Å². The molecule has 0 aromatic carbocycles. The second kappa shape index (κ2) is 4.81. The van der Waals surface area contributed by atoms with Gasteiger partial charge in [0.25, 0.3) is 5.91 Å². The van der Waals surface area contributed by atoms with Gasteiger partial charge in [0.2, 0.25) is 0 Å². The Balaban J connectivity index is 2.25. The summed E-state index contributed by atoms with van der Waals surface area (Å²) in [6.07, 6.45) is 1.33. The second-order valence-corrected chi connectivity index (χ2v) is 2.96. The third kappa shape index (κ3) is 3.42. The van der Waals surface area contributed by atoms with Crippen molar-refractivity contribution < 1.29 is 19.1 Å². The van der Waals surface area contributed by atoms with Gasteiger partial charge in [0.15, 0.2) is 6.61 Å². The Labute approximate surface area is 76.2 Å². The van der Waals surface area contributed by atoms with Gasteiger partial charge in [0, 0.05) is 13.2 Å². The van der Waals surface area contributed by atoms with E-state index in [2.05, 4.69) is 4.74 Å². The molecule has 1 aliphatic rings. The van der Waals surface area contributed by atoms with E-state index in [9.17, 15) is 9.59 Å². The Hall–Kier alpha value is -1.10. The Kier molecular flexibility index (Phi) is 3.70. The van der Waals surface area contributed by atoms with Gasteiger partial charge >= 0.3 is 5.97 Å². The average molecular weight is 187 g/mol. The SMILES string of the molecule is NC(=O)COC(=O)C1CCOCC1. The summed E-state index contributed by atoms with van der Waals surface area (Å²) in [5, 5.41) is 0. The van der Waals surface area contributed by atoms with Crippen LogP contribution >= 0.6 is 0 Å². The van der Waals surface area contributed by atoms with Gasteiger partial charge in [-0.25, -0.2) is 0 Å². The number of primary amides is 1. The van der Waals surface area contributed by atoms with E-state index in [4.69, 9.17) is 10.5 Å². The largest absolute Gasteiger partial charge is 0.455 e. The number of carbonyl (C=O) groups excluding carboxylic acids is 2. The smallest absolute Gasteiger partial charge is 0.309 e. The highest BCUT2D eigenvalue weighted by Crippen LogP contribution is 2.15. The topological polar surface area (TPSA) is 78.6 Å². The predicted molar refractivity (Wildman–Crippen MR) is 43.7 cm³/mol. The van der Waals surface area contributed by atoms with Crippen LogP contribution in [0.5, 0.6) is 0 Å². The molecule has 0 spiro atoms. The second-order valence-electron chi connectivity index (χ2n) is 2.96. The van der Waals surface area contributed by atoms with Crippen LogP contribution in [-0.4, -0.2) is 31.7 Å². The van der Waals surface area contributed by atoms with E-state index < -0.39 is 5.91 Å². The molecule has 0 radical (unpaired) electrons. The molecular formula is C8H13NO4. The third-order valence-electron chi connectivity index (χ3n) is 1.91. The fraction of sp³-hybridized carbons (Fsp3) is 0.750. The number of hydrogen-bond donors (Lipinski definition) is 1. The molecule has 2 N–H and O–H groups in total. The Bertz CT molecular complexity index is 198. The average Bonchev–Trinajstić information content (AvgIpc) is 2.15. The Morgan fingerprint density at radius 2 is 2.00 bits per heavy atom. The standard InChI is InChI=1S/C8H13NO4/c9-7(10)5-13-8(11)6-1-3-12-4-2-6/h6H,1-5H2,(H2,9,10). The first-order chi connectivity index (χ1) is 6.20. The van der Waals surface area contributed by atoms with Gasteiger partial charge in [-0.05, 0) is 12.8 Å². The molecule has 74 valence electrons. The minimum Gasteiger partial charge on any atom is -0.455 e. The monoisotopic (exact) mass is 187 g/mol. The summed E-state index contributed by atoms with van der Waals surface area (Å²) < 4.78 is 9.75. The molecule has 0 bridgehead atoms. The number of carbonyl (C=O) groups is 2. The van der Waals surface area contributed by atoms with Crippen LogP contribution in [0.15, 0.2) is 0 Å². The molecule has 1 saturated heterocycles. The molecule has 1 heterocycles. The summed E-state index contributed by atoms with van der Waals surface area (Å²) in [6.45, 7) is 0.836. The van der Waals surface area contributed by atoms with Crippen molar-refractivity contribution in [2.24, 2.45) is 11.7 Å². The van der Waals surface area contributed by atoms with Crippen molar-refractivity contribution in [3.05, 3.63) is 0 Å². The van der Waals surface area contributed by atoms with Crippen LogP contribution in [0.3, 0.4) is 0 Å². The highest BCUT2D eigenvalue weighted by atomic mass is 16.5. The highest BCUT2D eigenvalue weighted by molar-refractivity contribution is 5.79. The lowest BCUT2D eigenvalue weighted by atomic mass is 10.0. The van der Waals surface area contributed by atoms with Crippen molar-refractivity contribution in [1.82, 2.24) is 0 Å². The van der Waals surface area contributed by atoms with Gasteiger partial charge in [-0.2, -0.15) is 0 Å². The van der Waals surface area contributed by atoms with Crippen LogP contribution in [0.25, 0.3) is 0 Å². The summed E-state index contributed by atoms with van der Waals surface area (Å²) in [6, 6.07) is 0. The van der Waals surface area contributed by atoms with Crippen LogP contribution in [0.4, 0.5) is 0 Å². The summed E-state index contributed by atoms with van der Waals surface area (Å²) in [5.74, 6) is -1.10. The molecule has 0 aromatic heterocycles. The van der Waals surface area contributed by atoms with Gasteiger partial charge in [-0.15, -0.1) is 0 Å². The molecule has 1 aliphatic heterocycles. The molecule has 5 heteroatoms. The first-order valence-corrected chi connectivity index (χ1v) is 4.23. The summed E-state index contributed by atoms with van der Waals surface area (Å²) >= 11 is 0. The molecule has 0 aliphatic carbocycles. The first kappa shape index (κ1) is 9.98. The minimum atomic E-state index is -0.625. The number of hydrogen-bond acceptors (Lipinski definition) is 4. The summed E-state index contributed by atoms with van der Waals surface area (Å²) in [7, 11) is 0. The van der Waals surface area contributed by atoms with Crippen LogP contribution in [0, 0.1) is 5.92 Å². The van der Waals surface area contributed by atoms with Gasteiger partial charge in [-0.3, -0.25) is 9.59 Å². The number of rotatable bonds is 3. The van der Waals surface area contributed by atoms with Crippen molar-refractivity contribution in [3.8, 4) is 0 Å². The van der Waals surface area contributed by atoms with Gasteiger partial charge in [0.05, 0.1) is 5.92 Å². The van der Waals surface area contributed by atoms with Crippen molar-refractivity contribution in [2.75, 3.05) is 19.8 Å². The number of nitrogens with two attached hydrogens (primary N) is 1. The zero-order valence-corrected chi connectivity index (χ0v) is 7.32. The maximum atomic E-state index is 11.2. The molecule has 0 unspecified atom stereocenters. The number of ether oxygens (including phenoxy) is 2. The van der Waals surface area contributed by atoms with Crippen LogP contribution in [-0.2, 0) is 19.1 Å². The minimum absolute atomic E-state index is 0.131. The fourth-order valence-corrected chi connectivity index (χ4v) is 1.19. The van der Waals surface area contributed by atoms with E-state index in [1.807, 2.05) is 0 Å². The van der Waals surface area contributed by atoms with E-state index in [-0.39, 0.29) is 18.5 Å². The van der Waals surface area contributed by atoms with Crippen molar-refractivity contribution >= 4 is 11.9 Å². The lowest BCUT2D eigenvalue weighted by molar-refractivity contribution is -0.154. The molecular weight excluding hydrogens is 174 g/mol. The molecule has 1 fully saturated rings. The van der Waals surface area contributed by atoms with Crippen LogP contribution in [0.2, 0.25) is 0 Å². The van der Waals surface area contributed by atoms with E-state index in [1.165, 1.54) is 0 Å². The lowest BCUT2D eigenvalue weighted by Gasteiger charge is -2.19. The molecule has 0 atom stereocenters. The quantitative estimate of drug-likeness (QED) is 0.601. The third-order valence-corrected chi connectivity index (χ3v) is 1.91. The summed E-state index contributed by atoms with van der Waals surface area (Å²) in [5.41, 5.74) is 4.83. The maximum Gasteiger partial charge on any atom is 0.309 e. The zero-order chi connectivity index (χ0) is 9.68. The highest BCUT2D eigenvalue weighted by Gasteiger charge is 2.23. The van der Waals surface area contributed by atoms with E-state index >= 15 is 0 Å². The van der Waals surface area contributed by atoms with E-state index in [1.54, 1.807) is 0 Å². The normalized spacial score (nSPS) is 18.2.